The Morgan fingerprint density at radius 3 is 1.64 bits per heavy atom. The van der Waals surface area contributed by atoms with Gasteiger partial charge in [-0.3, -0.25) is 0 Å². The van der Waals surface area contributed by atoms with E-state index in [2.05, 4.69) is 39.6 Å². The molecule has 0 saturated carbocycles. The third-order valence-corrected chi connectivity index (χ3v) is 7.99. The van der Waals surface area contributed by atoms with Gasteiger partial charge in [0.2, 0.25) is 0 Å². The predicted molar refractivity (Wildman–Crippen MR) is 59.4 cm³/mol. The quantitative estimate of drug-likeness (QED) is 0.557. The van der Waals surface area contributed by atoms with Crippen LogP contribution in [0.2, 0.25) is 0 Å². The van der Waals surface area contributed by atoms with E-state index in [0.29, 0.717) is 0 Å². The summed E-state index contributed by atoms with van der Waals surface area (Å²) in [5.74, 6) is 2.55. The van der Waals surface area contributed by atoms with Gasteiger partial charge >= 0.3 is 71.8 Å². The van der Waals surface area contributed by atoms with E-state index in [4.69, 9.17) is 0 Å². The molecular formula is C10H23P. The van der Waals surface area contributed by atoms with Crippen LogP contribution in [0.15, 0.2) is 11.9 Å². The van der Waals surface area contributed by atoms with E-state index in [1.165, 1.54) is 24.9 Å². The molecule has 0 atom stereocenters. The molecule has 0 radical (unpaired) electrons. The number of hydrogen-bond acceptors (Lipinski definition) is 0. The third-order valence-electron chi connectivity index (χ3n) is 2.82. The van der Waals surface area contributed by atoms with Gasteiger partial charge in [0, 0.05) is 0 Å². The van der Waals surface area contributed by atoms with Crippen molar-refractivity contribution in [3.63, 3.8) is 0 Å². The molecule has 0 saturated heterocycles. The van der Waals surface area contributed by atoms with Crippen molar-refractivity contribution in [1.82, 2.24) is 0 Å². The summed E-state index contributed by atoms with van der Waals surface area (Å²) in [5.41, 5.74) is 0. The zero-order valence-electron chi connectivity index (χ0n) is 8.48. The molecule has 0 unspecified atom stereocenters. The van der Waals surface area contributed by atoms with Gasteiger partial charge in [0.05, 0.1) is 0 Å². The topological polar surface area (TPSA) is 0 Å². The molecule has 68 valence electrons. The van der Waals surface area contributed by atoms with E-state index in [0.717, 1.165) is 0 Å². The van der Waals surface area contributed by atoms with Crippen LogP contribution < -0.4 is 0 Å². The van der Waals surface area contributed by atoms with Gasteiger partial charge in [-0.1, -0.05) is 0 Å². The Kier molecular flexibility index (Phi) is 5.86. The minimum absolute atomic E-state index is 0.919. The standard InChI is InChI=1S/C10H23P/c1-5-9-10-11(6-2,7-3)8-4/h9-11H,5-8H2,1-4H3. The first-order valence-corrected chi connectivity index (χ1v) is 7.62. The van der Waals surface area contributed by atoms with Gasteiger partial charge in [-0.15, -0.1) is 0 Å². The van der Waals surface area contributed by atoms with Crippen LogP contribution in [0.1, 0.15) is 34.1 Å². The predicted octanol–water partition coefficient (Wildman–Crippen LogP) is 3.72. The van der Waals surface area contributed by atoms with E-state index >= 15 is 0 Å². The van der Waals surface area contributed by atoms with Crippen molar-refractivity contribution in [3.8, 4) is 0 Å². The fraction of sp³-hybridized carbons (Fsp3) is 0.800. The molecular weight excluding hydrogens is 151 g/mol. The summed E-state index contributed by atoms with van der Waals surface area (Å²) < 4.78 is 0. The molecule has 0 spiro atoms. The summed E-state index contributed by atoms with van der Waals surface area (Å²) in [6, 6.07) is 0. The molecule has 0 aliphatic carbocycles. The second kappa shape index (κ2) is 5.77. The van der Waals surface area contributed by atoms with Crippen LogP contribution in [-0.4, -0.2) is 18.5 Å². The molecule has 0 rings (SSSR count). The summed E-state index contributed by atoms with van der Waals surface area (Å²) in [5, 5.41) is 0. The second-order valence-corrected chi connectivity index (χ2v) is 8.41. The zero-order chi connectivity index (χ0) is 8.74. The monoisotopic (exact) mass is 174 g/mol. The van der Waals surface area contributed by atoms with E-state index < -0.39 is 7.26 Å². The summed E-state index contributed by atoms with van der Waals surface area (Å²) in [6.07, 6.45) is 7.81. The van der Waals surface area contributed by atoms with Gasteiger partial charge in [-0.05, 0) is 0 Å². The normalized spacial score (nSPS) is 14.2. The molecule has 0 amide bonds. The van der Waals surface area contributed by atoms with Gasteiger partial charge in [-0.25, -0.2) is 0 Å². The summed E-state index contributed by atoms with van der Waals surface area (Å²) in [4.78, 5) is 0. The molecule has 0 aromatic heterocycles. The Hall–Kier alpha value is 0.170. The maximum atomic E-state index is 2.55. The van der Waals surface area contributed by atoms with Crippen molar-refractivity contribution in [3.05, 3.63) is 11.9 Å². The fourth-order valence-corrected chi connectivity index (χ4v) is 4.41. The first-order valence-electron chi connectivity index (χ1n) is 4.92. The maximum absolute atomic E-state index is 2.55. The van der Waals surface area contributed by atoms with Crippen molar-refractivity contribution in [2.75, 3.05) is 18.5 Å². The van der Waals surface area contributed by atoms with Gasteiger partial charge < -0.3 is 0 Å². The Balaban J connectivity index is 4.16. The molecule has 11 heavy (non-hydrogen) atoms. The summed E-state index contributed by atoms with van der Waals surface area (Å²) in [7, 11) is -0.919. The number of rotatable bonds is 5. The number of allylic oxidation sites excluding steroid dienone is 1. The van der Waals surface area contributed by atoms with Gasteiger partial charge in [-0.2, -0.15) is 0 Å². The first-order chi connectivity index (χ1) is 5.24. The molecule has 0 bridgehead atoms. The van der Waals surface area contributed by atoms with Crippen molar-refractivity contribution < 1.29 is 0 Å². The minimum atomic E-state index is -0.919. The van der Waals surface area contributed by atoms with Gasteiger partial charge in [0.15, 0.2) is 0 Å². The van der Waals surface area contributed by atoms with Crippen LogP contribution in [0.4, 0.5) is 0 Å². The van der Waals surface area contributed by atoms with Crippen LogP contribution in [0.25, 0.3) is 0 Å². The Bertz CT molecular complexity index is 104. The van der Waals surface area contributed by atoms with Crippen molar-refractivity contribution >= 4 is 7.26 Å². The van der Waals surface area contributed by atoms with Crippen molar-refractivity contribution in [1.29, 1.82) is 0 Å². The van der Waals surface area contributed by atoms with Crippen LogP contribution in [-0.2, 0) is 0 Å². The van der Waals surface area contributed by atoms with E-state index in [-0.39, 0.29) is 0 Å². The van der Waals surface area contributed by atoms with E-state index in [1.54, 1.807) is 0 Å². The molecule has 0 aliphatic heterocycles. The summed E-state index contributed by atoms with van der Waals surface area (Å²) in [6.45, 7) is 9.26. The van der Waals surface area contributed by atoms with Gasteiger partial charge in [0.1, 0.15) is 0 Å². The third kappa shape index (κ3) is 3.38. The molecule has 0 N–H and O–H groups in total. The molecule has 0 aromatic carbocycles. The van der Waals surface area contributed by atoms with Crippen molar-refractivity contribution in [2.45, 2.75) is 34.1 Å². The van der Waals surface area contributed by atoms with Crippen LogP contribution in [0.3, 0.4) is 0 Å². The van der Waals surface area contributed by atoms with E-state index in [9.17, 15) is 0 Å². The average Bonchev–Trinajstić information content (AvgIpc) is 2.08. The summed E-state index contributed by atoms with van der Waals surface area (Å²) >= 11 is 0. The molecule has 0 nitrogen and oxygen atoms in total. The first kappa shape index (κ1) is 11.2. The van der Waals surface area contributed by atoms with Crippen LogP contribution >= 0.6 is 7.26 Å². The molecule has 0 aliphatic rings. The van der Waals surface area contributed by atoms with Gasteiger partial charge in [0.25, 0.3) is 0 Å². The second-order valence-electron chi connectivity index (χ2n) is 3.23. The average molecular weight is 174 g/mol. The SMILES string of the molecule is CCC=C[PH](CC)(CC)CC. The van der Waals surface area contributed by atoms with Crippen LogP contribution in [0.5, 0.6) is 0 Å². The molecule has 1 heteroatoms. The molecule has 0 heterocycles. The molecule has 0 fully saturated rings. The Morgan fingerprint density at radius 2 is 1.36 bits per heavy atom. The Labute approximate surface area is 72.4 Å². The van der Waals surface area contributed by atoms with Crippen LogP contribution in [0, 0.1) is 0 Å². The van der Waals surface area contributed by atoms with Crippen molar-refractivity contribution in [2.24, 2.45) is 0 Å². The Morgan fingerprint density at radius 1 is 0.909 bits per heavy atom. The fourth-order valence-electron chi connectivity index (χ4n) is 1.47. The zero-order valence-corrected chi connectivity index (χ0v) is 9.48. The molecule has 0 aromatic rings. The number of hydrogen-bond donors (Lipinski definition) is 0. The van der Waals surface area contributed by atoms with E-state index in [1.807, 2.05) is 0 Å².